The van der Waals surface area contributed by atoms with Crippen LogP contribution >= 0.6 is 11.6 Å². The molecule has 0 atom stereocenters. The molecule has 2 N–H and O–H groups in total. The molecule has 0 unspecified atom stereocenters. The Morgan fingerprint density at radius 2 is 1.81 bits per heavy atom. The second-order valence-electron chi connectivity index (χ2n) is 7.55. The van der Waals surface area contributed by atoms with Crippen LogP contribution in [-0.2, 0) is 17.1 Å². The van der Waals surface area contributed by atoms with Crippen LogP contribution in [-0.4, -0.2) is 54.4 Å². The van der Waals surface area contributed by atoms with Crippen LogP contribution in [0.4, 0.5) is 21.5 Å². The smallest absolute Gasteiger partial charge is 0.257 e. The summed E-state index contributed by atoms with van der Waals surface area (Å²) in [7, 11) is -1.73. The molecule has 1 amide bonds. The number of benzene rings is 1. The normalized spacial score (nSPS) is 14.2. The van der Waals surface area contributed by atoms with Crippen molar-refractivity contribution < 1.29 is 17.6 Å². The van der Waals surface area contributed by atoms with E-state index in [4.69, 9.17) is 11.6 Å². The van der Waals surface area contributed by atoms with Gasteiger partial charge in [0.25, 0.3) is 5.91 Å². The third kappa shape index (κ3) is 5.00. The van der Waals surface area contributed by atoms with Crippen molar-refractivity contribution in [3.63, 3.8) is 0 Å². The highest BCUT2D eigenvalue weighted by Crippen LogP contribution is 2.26. The number of hydrogen-bond donors (Lipinski definition) is 2. The van der Waals surface area contributed by atoms with Gasteiger partial charge in [-0.05, 0) is 24.3 Å². The summed E-state index contributed by atoms with van der Waals surface area (Å²) in [5.74, 6) is 0.0145. The van der Waals surface area contributed by atoms with Gasteiger partial charge in [0.2, 0.25) is 10.0 Å². The minimum atomic E-state index is -3.49. The average molecular weight is 479 g/mol. The zero-order valence-corrected chi connectivity index (χ0v) is 18.8. The van der Waals surface area contributed by atoms with E-state index in [1.807, 2.05) is 4.90 Å². The van der Waals surface area contributed by atoms with Gasteiger partial charge in [-0.25, -0.2) is 22.8 Å². The molecule has 1 saturated heterocycles. The predicted molar refractivity (Wildman–Crippen MR) is 121 cm³/mol. The molecule has 1 fully saturated rings. The average Bonchev–Trinajstić information content (AvgIpc) is 3.06. The van der Waals surface area contributed by atoms with Crippen LogP contribution in [0, 0.1) is 0 Å². The van der Waals surface area contributed by atoms with Crippen LogP contribution in [0.5, 0.6) is 0 Å². The van der Waals surface area contributed by atoms with Crippen molar-refractivity contribution >= 4 is 44.6 Å². The van der Waals surface area contributed by atoms with Crippen LogP contribution in [0.25, 0.3) is 11.5 Å². The number of nitrogens with one attached hydrogen (secondary N) is 2. The molecule has 9 nitrogen and oxygen atoms in total. The summed E-state index contributed by atoms with van der Waals surface area (Å²) >= 11 is 6.04. The molecule has 1 aliphatic rings. The van der Waals surface area contributed by atoms with Crippen LogP contribution in [0.3, 0.4) is 0 Å². The van der Waals surface area contributed by atoms with Crippen LogP contribution in [0.15, 0.2) is 42.9 Å². The van der Waals surface area contributed by atoms with E-state index in [9.17, 15) is 17.6 Å². The van der Waals surface area contributed by atoms with Crippen LogP contribution in [0.2, 0.25) is 5.02 Å². The molecule has 2 aromatic heterocycles. The summed E-state index contributed by atoms with van der Waals surface area (Å²) in [4.78, 5) is 23.3. The van der Waals surface area contributed by atoms with Gasteiger partial charge >= 0.3 is 0 Å². The van der Waals surface area contributed by atoms with Crippen molar-refractivity contribution in [2.75, 3.05) is 34.3 Å². The topological polar surface area (TPSA) is 109 Å². The lowest BCUT2D eigenvalue weighted by molar-refractivity contribution is 0.102. The van der Waals surface area contributed by atoms with Crippen LogP contribution < -0.4 is 14.9 Å². The van der Waals surface area contributed by atoms with Gasteiger partial charge in [-0.3, -0.25) is 9.52 Å². The monoisotopic (exact) mass is 478 g/mol. The maximum atomic E-state index is 13.0. The predicted octanol–water partition coefficient (Wildman–Crippen LogP) is 2.92. The molecule has 1 aromatic carbocycles. The molecule has 0 radical (unpaired) electrons. The largest absolute Gasteiger partial charge is 0.363 e. The molecule has 3 heterocycles. The summed E-state index contributed by atoms with van der Waals surface area (Å²) in [6.07, 6.45) is 5.09. The van der Waals surface area contributed by atoms with Gasteiger partial charge in [0.15, 0.2) is 5.82 Å². The SMILES string of the molecule is Cn1cc(C(=O)Nc2cc(Cl)cc(NS(C)(=O)=O)c2)cc1-c1ncc(N2CC(F)C2)cn1. The van der Waals surface area contributed by atoms with Crippen LogP contribution in [0.1, 0.15) is 10.4 Å². The van der Waals surface area contributed by atoms with Crippen molar-refractivity contribution in [1.82, 2.24) is 14.5 Å². The molecule has 32 heavy (non-hydrogen) atoms. The highest BCUT2D eigenvalue weighted by atomic mass is 35.5. The second kappa shape index (κ2) is 8.40. The summed E-state index contributed by atoms with van der Waals surface area (Å²) in [6, 6.07) is 6.06. The van der Waals surface area contributed by atoms with Gasteiger partial charge in [-0.2, -0.15) is 0 Å². The number of aryl methyl sites for hydroxylation is 1. The molecule has 0 saturated carbocycles. The Balaban J connectivity index is 1.51. The first-order valence-corrected chi connectivity index (χ1v) is 11.8. The van der Waals surface area contributed by atoms with E-state index in [0.717, 1.165) is 11.9 Å². The second-order valence-corrected chi connectivity index (χ2v) is 9.73. The molecule has 168 valence electrons. The maximum absolute atomic E-state index is 13.0. The Kier molecular flexibility index (Phi) is 5.78. The van der Waals surface area contributed by atoms with Crippen molar-refractivity contribution in [2.24, 2.45) is 7.05 Å². The van der Waals surface area contributed by atoms with Gasteiger partial charge in [0, 0.05) is 24.0 Å². The summed E-state index contributed by atoms with van der Waals surface area (Å²) < 4.78 is 40.0. The number of anilines is 3. The lowest BCUT2D eigenvalue weighted by atomic mass is 10.2. The van der Waals surface area contributed by atoms with Gasteiger partial charge in [-0.1, -0.05) is 11.6 Å². The number of amides is 1. The first-order chi connectivity index (χ1) is 15.1. The summed E-state index contributed by atoms with van der Waals surface area (Å²) in [5.41, 5.74) is 2.29. The third-order valence-corrected chi connectivity index (χ3v) is 5.62. The number of sulfonamides is 1. The number of aromatic nitrogens is 3. The van der Waals surface area contributed by atoms with E-state index in [2.05, 4.69) is 20.0 Å². The van der Waals surface area contributed by atoms with E-state index in [1.165, 1.54) is 18.2 Å². The number of carbonyl (C=O) groups excluding carboxylic acids is 1. The van der Waals surface area contributed by atoms with Gasteiger partial charge in [0.1, 0.15) is 6.17 Å². The van der Waals surface area contributed by atoms with Gasteiger partial charge in [0.05, 0.1) is 54.4 Å². The van der Waals surface area contributed by atoms with E-state index in [-0.39, 0.29) is 10.7 Å². The molecule has 0 spiro atoms. The molecule has 4 rings (SSSR count). The third-order valence-electron chi connectivity index (χ3n) is 4.80. The highest BCUT2D eigenvalue weighted by Gasteiger charge is 2.26. The molecule has 1 aliphatic heterocycles. The molecule has 0 aliphatic carbocycles. The Morgan fingerprint density at radius 3 is 2.44 bits per heavy atom. The Hall–Kier alpha value is -3.18. The number of carbonyl (C=O) groups is 1. The van der Waals surface area contributed by atoms with Gasteiger partial charge in [-0.15, -0.1) is 0 Å². The van der Waals surface area contributed by atoms with E-state index < -0.39 is 22.1 Å². The lowest BCUT2D eigenvalue weighted by Crippen LogP contribution is -2.48. The summed E-state index contributed by atoms with van der Waals surface area (Å²) in [6.45, 7) is 0.671. The number of nitrogens with zero attached hydrogens (tertiary/aromatic N) is 4. The van der Waals surface area contributed by atoms with Crippen molar-refractivity contribution in [1.29, 1.82) is 0 Å². The molecule has 12 heteroatoms. The fourth-order valence-corrected chi connectivity index (χ4v) is 4.08. The van der Waals surface area contributed by atoms with Gasteiger partial charge < -0.3 is 14.8 Å². The van der Waals surface area contributed by atoms with Crippen molar-refractivity contribution in [3.05, 3.63) is 53.4 Å². The standard InChI is InChI=1S/C20H20ClFN6O3S/c1-27-9-12(3-18(27)19-23-7-17(8-24-19)28-10-14(22)11-28)20(29)25-15-4-13(21)5-16(6-15)26-32(2,30)31/h3-9,14,26H,10-11H2,1-2H3,(H,25,29). The summed E-state index contributed by atoms with van der Waals surface area (Å²) in [5, 5.41) is 2.97. The molecule has 0 bridgehead atoms. The first kappa shape index (κ1) is 22.0. The molecule has 3 aromatic rings. The Labute approximate surface area is 189 Å². The fourth-order valence-electron chi connectivity index (χ4n) is 3.30. The fraction of sp³-hybridized carbons (Fsp3) is 0.250. The number of rotatable bonds is 6. The minimum Gasteiger partial charge on any atom is -0.363 e. The highest BCUT2D eigenvalue weighted by molar-refractivity contribution is 7.92. The maximum Gasteiger partial charge on any atom is 0.257 e. The Morgan fingerprint density at radius 1 is 1.16 bits per heavy atom. The first-order valence-electron chi connectivity index (χ1n) is 9.55. The Bertz CT molecular complexity index is 1270. The minimum absolute atomic E-state index is 0.235. The number of halogens is 2. The van der Waals surface area contributed by atoms with E-state index in [0.29, 0.717) is 35.9 Å². The van der Waals surface area contributed by atoms with E-state index in [1.54, 1.807) is 36.3 Å². The van der Waals surface area contributed by atoms with Crippen molar-refractivity contribution in [3.8, 4) is 11.5 Å². The molecular weight excluding hydrogens is 459 g/mol. The zero-order valence-electron chi connectivity index (χ0n) is 17.2. The zero-order chi connectivity index (χ0) is 23.0. The lowest BCUT2D eigenvalue weighted by Gasteiger charge is -2.35. The van der Waals surface area contributed by atoms with E-state index >= 15 is 0 Å². The number of alkyl halides is 1. The quantitative estimate of drug-likeness (QED) is 0.563. The molecular formula is C20H20ClFN6O3S. The van der Waals surface area contributed by atoms with Crippen molar-refractivity contribution in [2.45, 2.75) is 6.17 Å². The number of hydrogen-bond acceptors (Lipinski definition) is 6.